The van der Waals surface area contributed by atoms with E-state index < -0.39 is 0 Å². The van der Waals surface area contributed by atoms with Crippen LogP contribution in [-0.4, -0.2) is 0 Å². The topological polar surface area (TPSA) is 0 Å². The summed E-state index contributed by atoms with van der Waals surface area (Å²) in [6.45, 7) is 0. The van der Waals surface area contributed by atoms with E-state index >= 15 is 0 Å². The van der Waals surface area contributed by atoms with Crippen LogP contribution in [0.1, 0.15) is 11.1 Å². The van der Waals surface area contributed by atoms with Crippen molar-refractivity contribution in [3.05, 3.63) is 81.8 Å². The number of hydrogen-bond acceptors (Lipinski definition) is 0. The van der Waals surface area contributed by atoms with Crippen LogP contribution in [0.3, 0.4) is 0 Å². The molecular formula is C17H12Cl2. The van der Waals surface area contributed by atoms with Gasteiger partial charge in [0.1, 0.15) is 0 Å². The van der Waals surface area contributed by atoms with Gasteiger partial charge < -0.3 is 0 Å². The largest absolute Gasteiger partial charge is 0.0827 e. The molecule has 0 saturated carbocycles. The lowest BCUT2D eigenvalue weighted by molar-refractivity contribution is 1.21. The van der Waals surface area contributed by atoms with Gasteiger partial charge in [0.25, 0.3) is 0 Å². The Bertz CT molecular complexity index is 718. The first-order valence-corrected chi connectivity index (χ1v) is 6.91. The molecule has 0 nitrogen and oxygen atoms in total. The lowest BCUT2D eigenvalue weighted by atomic mass is 9.98. The average molecular weight is 287 g/mol. The second-order valence-electron chi connectivity index (χ2n) is 4.53. The van der Waals surface area contributed by atoms with Gasteiger partial charge in [0, 0.05) is 0 Å². The summed E-state index contributed by atoms with van der Waals surface area (Å²) in [5, 5.41) is 3.57. The summed E-state index contributed by atoms with van der Waals surface area (Å²) in [5.41, 5.74) is 2.33. The van der Waals surface area contributed by atoms with E-state index in [1.165, 1.54) is 10.9 Å². The van der Waals surface area contributed by atoms with Crippen molar-refractivity contribution < 1.29 is 0 Å². The molecule has 3 aromatic carbocycles. The van der Waals surface area contributed by atoms with E-state index in [0.29, 0.717) is 10.0 Å². The Morgan fingerprint density at radius 1 is 0.789 bits per heavy atom. The number of halogens is 2. The third kappa shape index (κ3) is 2.47. The fraction of sp³-hybridized carbons (Fsp3) is 0.0588. The molecule has 19 heavy (non-hydrogen) atoms. The molecule has 3 aromatic rings. The van der Waals surface area contributed by atoms with E-state index in [1.807, 2.05) is 36.4 Å². The maximum absolute atomic E-state index is 6.39. The van der Waals surface area contributed by atoms with Crippen LogP contribution in [0.2, 0.25) is 10.0 Å². The van der Waals surface area contributed by atoms with E-state index in [9.17, 15) is 0 Å². The fourth-order valence-corrected chi connectivity index (χ4v) is 2.79. The van der Waals surface area contributed by atoms with Crippen molar-refractivity contribution >= 4 is 34.0 Å². The average Bonchev–Trinajstić information content (AvgIpc) is 2.45. The molecule has 0 bridgehead atoms. The van der Waals surface area contributed by atoms with Gasteiger partial charge in [-0.1, -0.05) is 77.8 Å². The minimum absolute atomic E-state index is 0.617. The summed E-state index contributed by atoms with van der Waals surface area (Å²) >= 11 is 12.6. The predicted octanol–water partition coefficient (Wildman–Crippen LogP) is 5.74. The molecule has 0 N–H and O–H groups in total. The quantitative estimate of drug-likeness (QED) is 0.564. The Balaban J connectivity index is 2.19. The lowest BCUT2D eigenvalue weighted by Gasteiger charge is -2.11. The Morgan fingerprint density at radius 3 is 2.26 bits per heavy atom. The van der Waals surface area contributed by atoms with Gasteiger partial charge in [-0.25, -0.2) is 0 Å². The van der Waals surface area contributed by atoms with Crippen LogP contribution >= 0.6 is 23.2 Å². The molecule has 0 unspecified atom stereocenters. The highest BCUT2D eigenvalue weighted by Gasteiger charge is 2.10. The van der Waals surface area contributed by atoms with Crippen molar-refractivity contribution in [2.45, 2.75) is 6.42 Å². The molecule has 2 heteroatoms. The van der Waals surface area contributed by atoms with Crippen molar-refractivity contribution in [2.75, 3.05) is 0 Å². The number of rotatable bonds is 2. The van der Waals surface area contributed by atoms with Crippen molar-refractivity contribution in [1.29, 1.82) is 0 Å². The molecule has 0 radical (unpaired) electrons. The summed E-state index contributed by atoms with van der Waals surface area (Å²) in [7, 11) is 0. The Kier molecular flexibility index (Phi) is 3.46. The highest BCUT2D eigenvalue weighted by Crippen LogP contribution is 2.34. The number of benzene rings is 3. The molecular weight excluding hydrogens is 275 g/mol. The maximum Gasteiger partial charge on any atom is 0.0634 e. The fourth-order valence-electron chi connectivity index (χ4n) is 2.33. The van der Waals surface area contributed by atoms with Crippen LogP contribution < -0.4 is 0 Å². The molecule has 0 fully saturated rings. The Morgan fingerprint density at radius 2 is 1.47 bits per heavy atom. The minimum atomic E-state index is 0.617. The van der Waals surface area contributed by atoms with E-state index in [2.05, 4.69) is 24.3 Å². The highest BCUT2D eigenvalue weighted by molar-refractivity contribution is 6.43. The third-order valence-corrected chi connectivity index (χ3v) is 4.09. The second-order valence-corrected chi connectivity index (χ2v) is 5.32. The molecule has 0 heterocycles. The van der Waals surface area contributed by atoms with Gasteiger partial charge in [0.05, 0.1) is 10.0 Å². The molecule has 0 aromatic heterocycles. The van der Waals surface area contributed by atoms with Gasteiger partial charge in [-0.2, -0.15) is 0 Å². The van der Waals surface area contributed by atoms with Crippen LogP contribution in [0, 0.1) is 0 Å². The Hall–Kier alpha value is -1.50. The number of fused-ring (bicyclic) bond motifs is 1. The third-order valence-electron chi connectivity index (χ3n) is 3.27. The molecule has 94 valence electrons. The van der Waals surface area contributed by atoms with Crippen LogP contribution in [0.5, 0.6) is 0 Å². The van der Waals surface area contributed by atoms with Gasteiger partial charge in [-0.3, -0.25) is 0 Å². The molecule has 0 spiro atoms. The first-order valence-electron chi connectivity index (χ1n) is 6.15. The maximum atomic E-state index is 6.39. The van der Waals surface area contributed by atoms with Crippen molar-refractivity contribution in [2.24, 2.45) is 0 Å². The highest BCUT2D eigenvalue weighted by atomic mass is 35.5. The lowest BCUT2D eigenvalue weighted by Crippen LogP contribution is -1.92. The molecule has 0 amide bonds. The van der Waals surface area contributed by atoms with Crippen molar-refractivity contribution in [3.63, 3.8) is 0 Å². The van der Waals surface area contributed by atoms with Gasteiger partial charge in [0.15, 0.2) is 0 Å². The van der Waals surface area contributed by atoms with Gasteiger partial charge in [0.2, 0.25) is 0 Å². The first-order chi connectivity index (χ1) is 9.25. The van der Waals surface area contributed by atoms with Crippen molar-refractivity contribution in [1.82, 2.24) is 0 Å². The predicted molar refractivity (Wildman–Crippen MR) is 83.2 cm³/mol. The van der Waals surface area contributed by atoms with Crippen LogP contribution in [0.25, 0.3) is 10.8 Å². The molecule has 0 atom stereocenters. The van der Waals surface area contributed by atoms with E-state index in [0.717, 1.165) is 17.4 Å². The summed E-state index contributed by atoms with van der Waals surface area (Å²) in [4.78, 5) is 0. The van der Waals surface area contributed by atoms with Crippen LogP contribution in [0.15, 0.2) is 60.7 Å². The normalized spacial score (nSPS) is 10.8. The Labute approximate surface area is 122 Å². The van der Waals surface area contributed by atoms with E-state index in [4.69, 9.17) is 23.2 Å². The zero-order valence-corrected chi connectivity index (χ0v) is 11.7. The monoisotopic (exact) mass is 286 g/mol. The number of hydrogen-bond donors (Lipinski definition) is 0. The van der Waals surface area contributed by atoms with Gasteiger partial charge >= 0.3 is 0 Å². The summed E-state index contributed by atoms with van der Waals surface area (Å²) in [6, 6.07) is 20.4. The zero-order chi connectivity index (χ0) is 13.2. The molecule has 0 aliphatic heterocycles. The summed E-state index contributed by atoms with van der Waals surface area (Å²) in [6.07, 6.45) is 0.792. The van der Waals surface area contributed by atoms with Gasteiger partial charge in [-0.15, -0.1) is 0 Å². The molecule has 0 saturated heterocycles. The summed E-state index contributed by atoms with van der Waals surface area (Å²) < 4.78 is 0. The van der Waals surface area contributed by atoms with Crippen LogP contribution in [0.4, 0.5) is 0 Å². The van der Waals surface area contributed by atoms with Crippen LogP contribution in [-0.2, 0) is 6.42 Å². The van der Waals surface area contributed by atoms with Crippen molar-refractivity contribution in [3.8, 4) is 0 Å². The van der Waals surface area contributed by atoms with E-state index in [1.54, 1.807) is 0 Å². The molecule has 3 rings (SSSR count). The minimum Gasteiger partial charge on any atom is -0.0827 e. The SMILES string of the molecule is Clc1cc2ccccc2c(Cc2ccccc2)c1Cl. The summed E-state index contributed by atoms with van der Waals surface area (Å²) in [5.74, 6) is 0. The standard InChI is InChI=1S/C17H12Cl2/c18-16-11-13-8-4-5-9-14(13)15(17(16)19)10-12-6-2-1-3-7-12/h1-9,11H,10H2. The van der Waals surface area contributed by atoms with Gasteiger partial charge in [-0.05, 0) is 34.4 Å². The molecule has 0 aliphatic rings. The first kappa shape index (κ1) is 12.5. The smallest absolute Gasteiger partial charge is 0.0634 e. The second kappa shape index (κ2) is 5.24. The molecule has 0 aliphatic carbocycles. The van der Waals surface area contributed by atoms with E-state index in [-0.39, 0.29) is 0 Å². The zero-order valence-electron chi connectivity index (χ0n) is 10.2.